The summed E-state index contributed by atoms with van der Waals surface area (Å²) in [4.78, 5) is 18.4. The third-order valence-electron chi connectivity index (χ3n) is 8.03. The zero-order chi connectivity index (χ0) is 23.0. The number of urea groups is 1. The molecule has 0 bridgehead atoms. The van der Waals surface area contributed by atoms with Crippen molar-refractivity contribution < 1.29 is 14.3 Å². The van der Waals surface area contributed by atoms with Gasteiger partial charge in [0.1, 0.15) is 5.75 Å². The first-order valence-electron chi connectivity index (χ1n) is 12.1. The zero-order valence-corrected chi connectivity index (χ0v) is 19.9. The smallest absolute Gasteiger partial charge is 0.320 e. The van der Waals surface area contributed by atoms with Crippen LogP contribution in [0.15, 0.2) is 48.5 Å². The van der Waals surface area contributed by atoms with Gasteiger partial charge in [-0.1, -0.05) is 36.4 Å². The molecule has 176 valence electrons. The number of rotatable bonds is 4. The Hall–Kier alpha value is -2.57. The highest BCUT2D eigenvalue weighted by molar-refractivity contribution is 5.75. The van der Waals surface area contributed by atoms with Crippen molar-refractivity contribution in [1.29, 1.82) is 0 Å². The number of nitrogens with one attached hydrogen (secondary N) is 1. The van der Waals surface area contributed by atoms with Crippen LogP contribution in [0.2, 0.25) is 0 Å². The second kappa shape index (κ2) is 8.99. The van der Waals surface area contributed by atoms with Gasteiger partial charge in [0.2, 0.25) is 0 Å². The molecule has 0 saturated carbocycles. The summed E-state index contributed by atoms with van der Waals surface area (Å²) in [5, 5.41) is 3.20. The van der Waals surface area contributed by atoms with Gasteiger partial charge in [0.15, 0.2) is 5.72 Å². The van der Waals surface area contributed by atoms with Gasteiger partial charge in [-0.2, -0.15) is 0 Å². The molecule has 3 aliphatic rings. The minimum Gasteiger partial charge on any atom is -0.497 e. The molecule has 33 heavy (non-hydrogen) atoms. The van der Waals surface area contributed by atoms with Crippen molar-refractivity contribution in [1.82, 2.24) is 15.1 Å². The summed E-state index contributed by atoms with van der Waals surface area (Å²) in [6.45, 7) is 4.90. The van der Waals surface area contributed by atoms with Crippen LogP contribution < -0.4 is 10.1 Å². The number of carbonyl (C=O) groups is 1. The monoisotopic (exact) mass is 449 g/mol. The second-order valence-corrected chi connectivity index (χ2v) is 9.75. The predicted molar refractivity (Wildman–Crippen MR) is 128 cm³/mol. The van der Waals surface area contributed by atoms with E-state index < -0.39 is 5.72 Å². The van der Waals surface area contributed by atoms with Crippen molar-refractivity contribution in [2.45, 2.75) is 50.4 Å². The first-order chi connectivity index (χ1) is 16.0. The number of amides is 2. The molecule has 5 rings (SSSR count). The van der Waals surface area contributed by atoms with Gasteiger partial charge < -0.3 is 19.7 Å². The largest absolute Gasteiger partial charge is 0.497 e. The molecule has 6 nitrogen and oxygen atoms in total. The quantitative estimate of drug-likeness (QED) is 0.707. The molecule has 0 unspecified atom stereocenters. The molecule has 2 amide bonds. The Balaban J connectivity index is 1.36. The first-order valence-corrected chi connectivity index (χ1v) is 12.1. The third-order valence-corrected chi connectivity index (χ3v) is 8.03. The van der Waals surface area contributed by atoms with Crippen molar-refractivity contribution >= 4 is 6.03 Å². The zero-order valence-electron chi connectivity index (χ0n) is 19.9. The van der Waals surface area contributed by atoms with E-state index in [2.05, 4.69) is 39.4 Å². The number of fused-ring (bicyclic) bond motifs is 4. The van der Waals surface area contributed by atoms with Crippen LogP contribution in [-0.2, 0) is 16.9 Å². The molecule has 2 fully saturated rings. The number of carbonyl (C=O) groups excluding carboxylic acids is 1. The molecule has 0 spiro atoms. The summed E-state index contributed by atoms with van der Waals surface area (Å²) in [6.07, 6.45) is 4.37. The fourth-order valence-corrected chi connectivity index (χ4v) is 6.08. The van der Waals surface area contributed by atoms with E-state index in [4.69, 9.17) is 9.47 Å². The summed E-state index contributed by atoms with van der Waals surface area (Å²) in [5.74, 6) is 1.31. The standard InChI is InChI=1S/C27H35N3O3/c1-27(33-3,21-10-12-22(32-2)13-11-21)28-26(31)30-15-6-8-20-18-29-16-14-19-7-4-5-9-23(19)25(29)17-24(20)30/h4-5,7,9-13,20,24-25H,6,8,14-18H2,1-3H3,(H,28,31)/t20-,24+,25+,27+/m0/s1. The van der Waals surface area contributed by atoms with E-state index in [9.17, 15) is 4.79 Å². The van der Waals surface area contributed by atoms with E-state index in [0.717, 1.165) is 50.2 Å². The van der Waals surface area contributed by atoms with Gasteiger partial charge in [-0.15, -0.1) is 0 Å². The highest BCUT2D eigenvalue weighted by atomic mass is 16.5. The lowest BCUT2D eigenvalue weighted by molar-refractivity contribution is -0.0332. The molecule has 2 saturated heterocycles. The second-order valence-electron chi connectivity index (χ2n) is 9.75. The van der Waals surface area contributed by atoms with E-state index in [-0.39, 0.29) is 12.1 Å². The molecular formula is C27H35N3O3. The lowest BCUT2D eigenvalue weighted by Crippen LogP contribution is -2.61. The summed E-state index contributed by atoms with van der Waals surface area (Å²) >= 11 is 0. The van der Waals surface area contributed by atoms with Crippen molar-refractivity contribution in [2.24, 2.45) is 5.92 Å². The van der Waals surface area contributed by atoms with E-state index in [1.54, 1.807) is 14.2 Å². The Kier molecular flexibility index (Phi) is 6.06. The van der Waals surface area contributed by atoms with Crippen LogP contribution in [0.3, 0.4) is 0 Å². The van der Waals surface area contributed by atoms with Crippen LogP contribution >= 0.6 is 0 Å². The Morgan fingerprint density at radius 1 is 1.09 bits per heavy atom. The maximum absolute atomic E-state index is 13.6. The maximum Gasteiger partial charge on any atom is 0.320 e. The Morgan fingerprint density at radius 2 is 1.88 bits per heavy atom. The number of nitrogens with zero attached hydrogens (tertiary/aromatic N) is 2. The average Bonchev–Trinajstić information content (AvgIpc) is 2.87. The van der Waals surface area contributed by atoms with Gasteiger partial charge in [-0.3, -0.25) is 4.90 Å². The normalized spacial score (nSPS) is 26.4. The molecule has 4 atom stereocenters. The van der Waals surface area contributed by atoms with Crippen LogP contribution in [-0.4, -0.2) is 55.7 Å². The van der Waals surface area contributed by atoms with Crippen LogP contribution in [0.4, 0.5) is 4.79 Å². The van der Waals surface area contributed by atoms with Crippen LogP contribution in [0.1, 0.15) is 48.9 Å². The molecule has 0 aromatic heterocycles. The predicted octanol–water partition coefficient (Wildman–Crippen LogP) is 4.31. The number of hydrogen-bond donors (Lipinski definition) is 1. The fourth-order valence-electron chi connectivity index (χ4n) is 6.08. The van der Waals surface area contributed by atoms with Gasteiger partial charge in [-0.25, -0.2) is 4.79 Å². The molecule has 0 aliphatic carbocycles. The summed E-state index contributed by atoms with van der Waals surface area (Å²) in [5.41, 5.74) is 2.90. The van der Waals surface area contributed by atoms with E-state index in [0.29, 0.717) is 12.0 Å². The minimum atomic E-state index is -0.908. The number of benzene rings is 2. The Morgan fingerprint density at radius 3 is 2.64 bits per heavy atom. The van der Waals surface area contributed by atoms with E-state index in [1.807, 2.05) is 31.2 Å². The van der Waals surface area contributed by atoms with Crippen LogP contribution in [0.25, 0.3) is 0 Å². The SMILES string of the molecule is COc1ccc([C@](C)(NC(=O)N2CCC[C@H]3CN4CCc5ccccc5[C@H]4C[C@H]32)OC)cc1. The number of hydrogen-bond acceptors (Lipinski definition) is 4. The molecule has 3 heterocycles. The molecule has 6 heteroatoms. The third kappa shape index (κ3) is 4.11. The summed E-state index contributed by atoms with van der Waals surface area (Å²) < 4.78 is 11.1. The highest BCUT2D eigenvalue weighted by Crippen LogP contribution is 2.43. The number of methoxy groups -OCH3 is 2. The molecule has 2 aromatic carbocycles. The van der Waals surface area contributed by atoms with Crippen LogP contribution in [0, 0.1) is 5.92 Å². The first kappa shape index (κ1) is 22.2. The molecule has 0 radical (unpaired) electrons. The Labute approximate surface area is 196 Å². The average molecular weight is 450 g/mol. The van der Waals surface area contributed by atoms with Crippen molar-refractivity contribution in [3.05, 3.63) is 65.2 Å². The van der Waals surface area contributed by atoms with Gasteiger partial charge >= 0.3 is 6.03 Å². The number of likely N-dealkylation sites (tertiary alicyclic amines) is 1. The lowest BCUT2D eigenvalue weighted by Gasteiger charge is -2.52. The van der Waals surface area contributed by atoms with E-state index >= 15 is 0 Å². The fraction of sp³-hybridized carbons (Fsp3) is 0.519. The van der Waals surface area contributed by atoms with Gasteiger partial charge in [0.05, 0.1) is 7.11 Å². The Bertz CT molecular complexity index is 994. The number of ether oxygens (including phenoxy) is 2. The lowest BCUT2D eigenvalue weighted by atomic mass is 9.77. The molecule has 1 N–H and O–H groups in total. The summed E-state index contributed by atoms with van der Waals surface area (Å²) in [6, 6.07) is 17.1. The van der Waals surface area contributed by atoms with Crippen LogP contribution in [0.5, 0.6) is 5.75 Å². The minimum absolute atomic E-state index is 0.0394. The highest BCUT2D eigenvalue weighted by Gasteiger charge is 2.44. The molecular weight excluding hydrogens is 414 g/mol. The number of piperidine rings is 2. The van der Waals surface area contributed by atoms with Gasteiger partial charge in [0.25, 0.3) is 0 Å². The summed E-state index contributed by atoms with van der Waals surface area (Å²) in [7, 11) is 3.29. The van der Waals surface area contributed by atoms with Crippen molar-refractivity contribution in [2.75, 3.05) is 33.9 Å². The topological polar surface area (TPSA) is 54.0 Å². The molecule has 3 aliphatic heterocycles. The van der Waals surface area contributed by atoms with Gasteiger partial charge in [0, 0.05) is 44.4 Å². The molecule has 2 aromatic rings. The van der Waals surface area contributed by atoms with Gasteiger partial charge in [-0.05, 0) is 61.8 Å². The van der Waals surface area contributed by atoms with Crippen molar-refractivity contribution in [3.8, 4) is 5.75 Å². The van der Waals surface area contributed by atoms with Crippen molar-refractivity contribution in [3.63, 3.8) is 0 Å². The van der Waals surface area contributed by atoms with E-state index in [1.165, 1.54) is 17.5 Å². The maximum atomic E-state index is 13.6.